The van der Waals surface area contributed by atoms with Crippen LogP contribution in [0.5, 0.6) is 0 Å². The monoisotopic (exact) mass is 324 g/mol. The van der Waals surface area contributed by atoms with Crippen LogP contribution >= 0.6 is 0 Å². The largest absolute Gasteiger partial charge is 0.481 e. The lowest BCUT2D eigenvalue weighted by Gasteiger charge is -2.26. The topological polar surface area (TPSA) is 77.9 Å². The van der Waals surface area contributed by atoms with Crippen LogP contribution < -0.4 is 0 Å². The van der Waals surface area contributed by atoms with Crippen LogP contribution in [0.3, 0.4) is 0 Å². The quantitative estimate of drug-likeness (QED) is 0.762. The summed E-state index contributed by atoms with van der Waals surface area (Å²) in [7, 11) is 1.61. The van der Waals surface area contributed by atoms with Gasteiger partial charge in [0, 0.05) is 13.6 Å². The lowest BCUT2D eigenvalue weighted by molar-refractivity contribution is -0.145. The second-order valence-electron chi connectivity index (χ2n) is 7.62. The minimum absolute atomic E-state index is 0.176. The first kappa shape index (κ1) is 17.8. The molecule has 6 nitrogen and oxygen atoms in total. The molecule has 1 saturated heterocycles. The molecule has 0 spiro atoms. The lowest BCUT2D eigenvalue weighted by Crippen LogP contribution is -2.42. The van der Waals surface area contributed by atoms with Crippen LogP contribution in [0, 0.1) is 17.8 Å². The SMILES string of the molecule is C[C@@H](CN1C(=O)N(C)C(C)(C)C1=O)[C@@H](CC1CCCC1)C(=O)O. The van der Waals surface area contributed by atoms with Crippen LogP contribution in [0.4, 0.5) is 4.79 Å². The van der Waals surface area contributed by atoms with Gasteiger partial charge in [0.05, 0.1) is 5.92 Å². The second kappa shape index (κ2) is 6.49. The van der Waals surface area contributed by atoms with Crippen molar-refractivity contribution in [2.45, 2.75) is 58.4 Å². The number of rotatable bonds is 6. The summed E-state index contributed by atoms with van der Waals surface area (Å²) < 4.78 is 0. The Kier molecular flexibility index (Phi) is 5.01. The number of urea groups is 1. The molecule has 2 atom stereocenters. The number of likely N-dealkylation sites (N-methyl/N-ethyl adjacent to an activating group) is 1. The number of carbonyl (C=O) groups excluding carboxylic acids is 2. The highest BCUT2D eigenvalue weighted by Crippen LogP contribution is 2.34. The van der Waals surface area contributed by atoms with Gasteiger partial charge in [-0.15, -0.1) is 0 Å². The number of hydrogen-bond donors (Lipinski definition) is 1. The van der Waals surface area contributed by atoms with Crippen molar-refractivity contribution in [3.63, 3.8) is 0 Å². The van der Waals surface area contributed by atoms with Crippen LogP contribution in [0.2, 0.25) is 0 Å². The van der Waals surface area contributed by atoms with Crippen molar-refractivity contribution in [3.8, 4) is 0 Å². The predicted molar refractivity (Wildman–Crippen MR) is 85.8 cm³/mol. The standard InChI is InChI=1S/C17H28N2O4/c1-11(13(14(20)21)9-12-7-5-6-8-12)10-19-15(22)17(2,3)18(4)16(19)23/h11-13H,5-10H2,1-4H3,(H,20,21)/t11-,13+/m0/s1. The summed E-state index contributed by atoms with van der Waals surface area (Å²) in [5.74, 6) is -1.36. The zero-order valence-electron chi connectivity index (χ0n) is 14.5. The molecule has 0 bridgehead atoms. The Morgan fingerprint density at radius 3 is 2.30 bits per heavy atom. The number of carboxylic acid groups (broad SMARTS) is 1. The highest BCUT2D eigenvalue weighted by molar-refractivity contribution is 6.06. The van der Waals surface area contributed by atoms with Gasteiger partial charge in [0.2, 0.25) is 0 Å². The minimum Gasteiger partial charge on any atom is -0.481 e. The average Bonchev–Trinajstić information content (AvgIpc) is 3.04. The molecule has 1 N–H and O–H groups in total. The van der Waals surface area contributed by atoms with Crippen molar-refractivity contribution in [2.75, 3.05) is 13.6 Å². The van der Waals surface area contributed by atoms with Gasteiger partial charge in [-0.05, 0) is 32.1 Å². The maximum Gasteiger partial charge on any atom is 0.327 e. The molecule has 1 aliphatic carbocycles. The molecule has 0 aromatic heterocycles. The van der Waals surface area contributed by atoms with Gasteiger partial charge in [0.1, 0.15) is 5.54 Å². The first-order valence-electron chi connectivity index (χ1n) is 8.48. The first-order valence-corrected chi connectivity index (χ1v) is 8.48. The second-order valence-corrected chi connectivity index (χ2v) is 7.62. The molecule has 0 aromatic rings. The van der Waals surface area contributed by atoms with Crippen molar-refractivity contribution >= 4 is 17.9 Å². The number of hydrogen-bond acceptors (Lipinski definition) is 3. The van der Waals surface area contributed by atoms with Crippen LogP contribution in [-0.4, -0.2) is 51.9 Å². The minimum atomic E-state index is -0.860. The summed E-state index contributed by atoms with van der Waals surface area (Å²) in [6.07, 6.45) is 5.18. The number of nitrogens with zero attached hydrogens (tertiary/aromatic N) is 2. The maximum absolute atomic E-state index is 12.4. The van der Waals surface area contributed by atoms with E-state index in [-0.39, 0.29) is 24.4 Å². The van der Waals surface area contributed by atoms with E-state index in [4.69, 9.17) is 0 Å². The fourth-order valence-electron chi connectivity index (χ4n) is 3.74. The van der Waals surface area contributed by atoms with E-state index < -0.39 is 17.4 Å². The molecule has 130 valence electrons. The molecule has 23 heavy (non-hydrogen) atoms. The van der Waals surface area contributed by atoms with E-state index in [0.717, 1.165) is 12.8 Å². The van der Waals surface area contributed by atoms with E-state index in [1.54, 1.807) is 20.9 Å². The summed E-state index contributed by atoms with van der Waals surface area (Å²) in [5.41, 5.74) is -0.860. The predicted octanol–water partition coefficient (Wildman–Crippen LogP) is 2.58. The van der Waals surface area contributed by atoms with Crippen molar-refractivity contribution in [1.82, 2.24) is 9.80 Å². The van der Waals surface area contributed by atoms with E-state index >= 15 is 0 Å². The van der Waals surface area contributed by atoms with Gasteiger partial charge in [-0.25, -0.2) is 4.79 Å². The summed E-state index contributed by atoms with van der Waals surface area (Å²) >= 11 is 0. The van der Waals surface area contributed by atoms with Crippen LogP contribution in [0.25, 0.3) is 0 Å². The lowest BCUT2D eigenvalue weighted by atomic mass is 9.84. The maximum atomic E-state index is 12.4. The third-order valence-corrected chi connectivity index (χ3v) is 5.66. The number of carboxylic acids is 1. The highest BCUT2D eigenvalue weighted by Gasteiger charge is 2.50. The Balaban J connectivity index is 2.06. The van der Waals surface area contributed by atoms with E-state index in [1.807, 2.05) is 6.92 Å². The van der Waals surface area contributed by atoms with Gasteiger partial charge in [-0.2, -0.15) is 0 Å². The number of carbonyl (C=O) groups is 3. The van der Waals surface area contributed by atoms with Crippen LogP contribution in [-0.2, 0) is 9.59 Å². The van der Waals surface area contributed by atoms with Crippen molar-refractivity contribution in [2.24, 2.45) is 17.8 Å². The average molecular weight is 324 g/mol. The summed E-state index contributed by atoms with van der Waals surface area (Å²) in [5, 5.41) is 9.57. The Morgan fingerprint density at radius 1 is 1.30 bits per heavy atom. The Labute approximate surface area is 137 Å². The van der Waals surface area contributed by atoms with Gasteiger partial charge >= 0.3 is 12.0 Å². The van der Waals surface area contributed by atoms with Gasteiger partial charge in [-0.1, -0.05) is 32.6 Å². The smallest absolute Gasteiger partial charge is 0.327 e. The molecule has 2 fully saturated rings. The molecule has 0 aromatic carbocycles. The Morgan fingerprint density at radius 2 is 1.87 bits per heavy atom. The molecular weight excluding hydrogens is 296 g/mol. The van der Waals surface area contributed by atoms with E-state index in [0.29, 0.717) is 12.3 Å². The molecule has 0 unspecified atom stereocenters. The highest BCUT2D eigenvalue weighted by atomic mass is 16.4. The fourth-order valence-corrected chi connectivity index (χ4v) is 3.74. The van der Waals surface area contributed by atoms with Crippen molar-refractivity contribution < 1.29 is 19.5 Å². The van der Waals surface area contributed by atoms with E-state index in [2.05, 4.69) is 0 Å². The van der Waals surface area contributed by atoms with Gasteiger partial charge in [0.25, 0.3) is 5.91 Å². The van der Waals surface area contributed by atoms with E-state index in [1.165, 1.54) is 22.6 Å². The van der Waals surface area contributed by atoms with Crippen LogP contribution in [0.1, 0.15) is 52.9 Å². The molecule has 3 amide bonds. The third-order valence-electron chi connectivity index (χ3n) is 5.66. The molecular formula is C17H28N2O4. The summed E-state index contributed by atoms with van der Waals surface area (Å²) in [4.78, 5) is 39.0. The number of amides is 3. The van der Waals surface area contributed by atoms with Crippen molar-refractivity contribution in [3.05, 3.63) is 0 Å². The molecule has 0 radical (unpaired) electrons. The summed E-state index contributed by atoms with van der Waals surface area (Å²) in [6, 6.07) is -0.336. The molecule has 2 rings (SSSR count). The van der Waals surface area contributed by atoms with Gasteiger partial charge < -0.3 is 10.0 Å². The fraction of sp³-hybridized carbons (Fsp3) is 0.824. The summed E-state index contributed by atoms with van der Waals surface area (Å²) in [6.45, 7) is 5.44. The van der Waals surface area contributed by atoms with Crippen molar-refractivity contribution in [1.29, 1.82) is 0 Å². The first-order chi connectivity index (χ1) is 10.7. The Bertz CT molecular complexity index is 497. The Hall–Kier alpha value is -1.59. The van der Waals surface area contributed by atoms with E-state index in [9.17, 15) is 19.5 Å². The molecule has 1 aliphatic heterocycles. The molecule has 1 saturated carbocycles. The van der Waals surface area contributed by atoms with Crippen LogP contribution in [0.15, 0.2) is 0 Å². The third kappa shape index (κ3) is 3.35. The zero-order valence-corrected chi connectivity index (χ0v) is 14.5. The molecule has 2 aliphatic rings. The van der Waals surface area contributed by atoms with Gasteiger partial charge in [-0.3, -0.25) is 14.5 Å². The number of imide groups is 1. The number of aliphatic carboxylic acids is 1. The zero-order chi connectivity index (χ0) is 17.4. The van der Waals surface area contributed by atoms with Gasteiger partial charge in [0.15, 0.2) is 0 Å². The molecule has 6 heteroatoms. The normalized spacial score (nSPS) is 24.3. The molecule has 1 heterocycles.